The lowest BCUT2D eigenvalue weighted by molar-refractivity contribution is -0.122. The SMILES string of the molecule is CC(C(=O)Nc1nc2ccccc2s1)N1CCCC(CCC(N)=O)C1. The summed E-state index contributed by atoms with van der Waals surface area (Å²) >= 11 is 1.49. The van der Waals surface area contributed by atoms with Gasteiger partial charge < -0.3 is 11.1 Å². The third-order valence-electron chi connectivity index (χ3n) is 4.80. The fraction of sp³-hybridized carbons (Fsp3) is 0.500. The number of nitrogens with one attached hydrogen (secondary N) is 1. The second kappa shape index (κ2) is 7.93. The van der Waals surface area contributed by atoms with E-state index in [2.05, 4.69) is 15.2 Å². The molecular weight excluding hydrogens is 336 g/mol. The highest BCUT2D eigenvalue weighted by Crippen LogP contribution is 2.26. The molecule has 1 aliphatic rings. The van der Waals surface area contributed by atoms with Crippen LogP contribution in [0.15, 0.2) is 24.3 Å². The zero-order chi connectivity index (χ0) is 17.8. The minimum Gasteiger partial charge on any atom is -0.370 e. The normalized spacial score (nSPS) is 19.6. The number of amides is 2. The molecule has 2 unspecified atom stereocenters. The highest BCUT2D eigenvalue weighted by Gasteiger charge is 2.28. The third-order valence-corrected chi connectivity index (χ3v) is 5.75. The standard InChI is InChI=1S/C18H24N4O2S/c1-12(22-10-4-5-13(11-22)8-9-16(19)23)17(24)21-18-20-14-6-2-3-7-15(14)25-18/h2-3,6-7,12-13H,4-5,8-11H2,1H3,(H2,19,23)(H,20,21,24). The lowest BCUT2D eigenvalue weighted by Gasteiger charge is -2.35. The number of carbonyl (C=O) groups excluding carboxylic acids is 2. The monoisotopic (exact) mass is 360 g/mol. The number of carbonyl (C=O) groups is 2. The maximum absolute atomic E-state index is 12.6. The molecule has 2 heterocycles. The van der Waals surface area contributed by atoms with Crippen LogP contribution < -0.4 is 11.1 Å². The molecule has 1 aromatic heterocycles. The number of anilines is 1. The summed E-state index contributed by atoms with van der Waals surface area (Å²) in [6, 6.07) is 7.63. The molecule has 0 aliphatic carbocycles. The van der Waals surface area contributed by atoms with E-state index in [0.29, 0.717) is 17.5 Å². The molecule has 3 rings (SSSR count). The highest BCUT2D eigenvalue weighted by atomic mass is 32.1. The van der Waals surface area contributed by atoms with E-state index in [1.807, 2.05) is 31.2 Å². The van der Waals surface area contributed by atoms with Crippen molar-refractivity contribution in [2.24, 2.45) is 11.7 Å². The van der Waals surface area contributed by atoms with Crippen molar-refractivity contribution >= 4 is 38.5 Å². The van der Waals surface area contributed by atoms with E-state index in [1.165, 1.54) is 11.3 Å². The van der Waals surface area contributed by atoms with Gasteiger partial charge in [0.05, 0.1) is 16.3 Å². The van der Waals surface area contributed by atoms with Gasteiger partial charge in [0.25, 0.3) is 0 Å². The maximum Gasteiger partial charge on any atom is 0.243 e. The smallest absolute Gasteiger partial charge is 0.243 e. The van der Waals surface area contributed by atoms with Gasteiger partial charge in [-0.05, 0) is 50.8 Å². The summed E-state index contributed by atoms with van der Waals surface area (Å²) in [5.74, 6) is 0.146. The highest BCUT2D eigenvalue weighted by molar-refractivity contribution is 7.22. The van der Waals surface area contributed by atoms with Crippen LogP contribution in [-0.2, 0) is 9.59 Å². The van der Waals surface area contributed by atoms with Crippen LogP contribution in [0.1, 0.15) is 32.6 Å². The number of piperidine rings is 1. The van der Waals surface area contributed by atoms with Crippen molar-refractivity contribution in [3.8, 4) is 0 Å². The lowest BCUT2D eigenvalue weighted by atomic mass is 9.92. The van der Waals surface area contributed by atoms with E-state index in [4.69, 9.17) is 5.73 Å². The summed E-state index contributed by atoms with van der Waals surface area (Å²) in [5.41, 5.74) is 6.15. The van der Waals surface area contributed by atoms with Crippen molar-refractivity contribution in [2.45, 2.75) is 38.6 Å². The molecule has 0 radical (unpaired) electrons. The molecule has 1 saturated heterocycles. The van der Waals surface area contributed by atoms with Crippen molar-refractivity contribution in [2.75, 3.05) is 18.4 Å². The maximum atomic E-state index is 12.6. The van der Waals surface area contributed by atoms with E-state index in [1.54, 1.807) is 0 Å². The minimum atomic E-state index is -0.251. The first-order chi connectivity index (χ1) is 12.0. The number of hydrogen-bond donors (Lipinski definition) is 2. The molecule has 6 nitrogen and oxygen atoms in total. The topological polar surface area (TPSA) is 88.3 Å². The first-order valence-corrected chi connectivity index (χ1v) is 9.53. The predicted octanol–water partition coefficient (Wildman–Crippen LogP) is 2.60. The molecule has 25 heavy (non-hydrogen) atoms. The zero-order valence-electron chi connectivity index (χ0n) is 14.4. The number of nitrogens with zero attached hydrogens (tertiary/aromatic N) is 2. The fourth-order valence-corrected chi connectivity index (χ4v) is 4.20. The second-order valence-electron chi connectivity index (χ2n) is 6.66. The van der Waals surface area contributed by atoms with Gasteiger partial charge in [-0.1, -0.05) is 23.5 Å². The summed E-state index contributed by atoms with van der Waals surface area (Å²) in [5, 5.41) is 3.59. The number of likely N-dealkylation sites (tertiary alicyclic amines) is 1. The van der Waals surface area contributed by atoms with Crippen LogP contribution in [0.3, 0.4) is 0 Å². The van der Waals surface area contributed by atoms with Crippen LogP contribution >= 0.6 is 11.3 Å². The summed E-state index contributed by atoms with van der Waals surface area (Å²) in [7, 11) is 0. The fourth-order valence-electron chi connectivity index (χ4n) is 3.33. The number of thiazole rings is 1. The van der Waals surface area contributed by atoms with E-state index in [9.17, 15) is 9.59 Å². The quantitative estimate of drug-likeness (QED) is 0.829. The number of para-hydroxylation sites is 1. The summed E-state index contributed by atoms with van der Waals surface area (Å²) in [6.07, 6.45) is 3.36. The molecule has 1 fully saturated rings. The number of fused-ring (bicyclic) bond motifs is 1. The summed E-state index contributed by atoms with van der Waals surface area (Å²) in [6.45, 7) is 3.67. The van der Waals surface area contributed by atoms with Gasteiger partial charge in [-0.25, -0.2) is 4.98 Å². The molecule has 0 spiro atoms. The Bertz CT molecular complexity index is 727. The van der Waals surface area contributed by atoms with Gasteiger partial charge in [-0.2, -0.15) is 0 Å². The predicted molar refractivity (Wildman–Crippen MR) is 100 cm³/mol. The average molecular weight is 360 g/mol. The van der Waals surface area contributed by atoms with Gasteiger partial charge in [-0.3, -0.25) is 14.5 Å². The molecular formula is C18H24N4O2S. The van der Waals surface area contributed by atoms with Crippen molar-refractivity contribution in [3.63, 3.8) is 0 Å². The average Bonchev–Trinajstić information content (AvgIpc) is 3.01. The van der Waals surface area contributed by atoms with Gasteiger partial charge in [0, 0.05) is 13.0 Å². The van der Waals surface area contributed by atoms with E-state index < -0.39 is 0 Å². The van der Waals surface area contributed by atoms with Gasteiger partial charge in [-0.15, -0.1) is 0 Å². The number of hydrogen-bond acceptors (Lipinski definition) is 5. The number of nitrogens with two attached hydrogens (primary N) is 1. The van der Waals surface area contributed by atoms with Crippen LogP contribution in [0.25, 0.3) is 10.2 Å². The molecule has 134 valence electrons. The molecule has 1 aromatic carbocycles. The number of rotatable bonds is 6. The van der Waals surface area contributed by atoms with Crippen LogP contribution in [0, 0.1) is 5.92 Å². The molecule has 0 saturated carbocycles. The number of aromatic nitrogens is 1. The van der Waals surface area contributed by atoms with E-state index in [-0.39, 0.29) is 17.9 Å². The molecule has 0 bridgehead atoms. The Morgan fingerprint density at radius 3 is 3.00 bits per heavy atom. The van der Waals surface area contributed by atoms with Gasteiger partial charge in [0.1, 0.15) is 0 Å². The van der Waals surface area contributed by atoms with Crippen molar-refractivity contribution in [1.82, 2.24) is 9.88 Å². The van der Waals surface area contributed by atoms with Gasteiger partial charge in [0.2, 0.25) is 11.8 Å². The first-order valence-electron chi connectivity index (χ1n) is 8.71. The van der Waals surface area contributed by atoms with Crippen LogP contribution in [-0.4, -0.2) is 40.8 Å². The molecule has 7 heteroatoms. The van der Waals surface area contributed by atoms with Gasteiger partial charge in [0.15, 0.2) is 5.13 Å². The minimum absolute atomic E-state index is 0.0328. The van der Waals surface area contributed by atoms with E-state index >= 15 is 0 Å². The van der Waals surface area contributed by atoms with Gasteiger partial charge >= 0.3 is 0 Å². The van der Waals surface area contributed by atoms with Crippen LogP contribution in [0.4, 0.5) is 5.13 Å². The molecule has 2 amide bonds. The molecule has 1 aliphatic heterocycles. The molecule has 2 atom stereocenters. The first kappa shape index (κ1) is 17.8. The Balaban J connectivity index is 1.58. The third kappa shape index (κ3) is 4.55. The van der Waals surface area contributed by atoms with Crippen molar-refractivity contribution < 1.29 is 9.59 Å². The Morgan fingerprint density at radius 1 is 1.44 bits per heavy atom. The zero-order valence-corrected chi connectivity index (χ0v) is 15.2. The number of benzene rings is 1. The largest absolute Gasteiger partial charge is 0.370 e. The number of primary amides is 1. The summed E-state index contributed by atoms with van der Waals surface area (Å²) in [4.78, 5) is 30.2. The van der Waals surface area contributed by atoms with Crippen LogP contribution in [0.5, 0.6) is 0 Å². The lowest BCUT2D eigenvalue weighted by Crippen LogP contribution is -2.47. The Morgan fingerprint density at radius 2 is 2.24 bits per heavy atom. The second-order valence-corrected chi connectivity index (χ2v) is 7.69. The Hall–Kier alpha value is -1.99. The van der Waals surface area contributed by atoms with E-state index in [0.717, 1.165) is 42.6 Å². The van der Waals surface area contributed by atoms with Crippen molar-refractivity contribution in [1.29, 1.82) is 0 Å². The Kier molecular flexibility index (Phi) is 5.65. The van der Waals surface area contributed by atoms with Crippen LogP contribution in [0.2, 0.25) is 0 Å². The Labute approximate surface area is 151 Å². The molecule has 3 N–H and O–H groups in total. The van der Waals surface area contributed by atoms with Crippen molar-refractivity contribution in [3.05, 3.63) is 24.3 Å². The summed E-state index contributed by atoms with van der Waals surface area (Å²) < 4.78 is 1.06. The molecule has 2 aromatic rings.